The van der Waals surface area contributed by atoms with Crippen LogP contribution in [0.5, 0.6) is 11.5 Å². The molecule has 154 valence electrons. The Balaban J connectivity index is 2.00. The zero-order valence-corrected chi connectivity index (χ0v) is 18.1. The number of benzene rings is 2. The number of aryl methyl sites for hydroxylation is 2. The summed E-state index contributed by atoms with van der Waals surface area (Å²) in [6.07, 6.45) is 0. The van der Waals surface area contributed by atoms with E-state index in [1.165, 1.54) is 30.1 Å². The van der Waals surface area contributed by atoms with E-state index in [4.69, 9.17) is 9.47 Å². The molecule has 30 heavy (non-hydrogen) atoms. The highest BCUT2D eigenvalue weighted by Crippen LogP contribution is 2.25. The van der Waals surface area contributed by atoms with Crippen LogP contribution in [0.3, 0.4) is 0 Å². The van der Waals surface area contributed by atoms with Crippen molar-refractivity contribution in [2.45, 2.75) is 20.4 Å². The quantitative estimate of drug-likeness (QED) is 0.489. The highest BCUT2D eigenvalue weighted by molar-refractivity contribution is 7.17. The van der Waals surface area contributed by atoms with Crippen molar-refractivity contribution in [2.75, 3.05) is 14.2 Å². The molecular weight excluding hydrogens is 400 g/mol. The number of methoxy groups -OCH3 is 2. The van der Waals surface area contributed by atoms with Crippen LogP contribution in [0.4, 0.5) is 0 Å². The Hall–Kier alpha value is -3.32. The lowest BCUT2D eigenvalue weighted by Gasteiger charge is -2.15. The number of thiophene rings is 1. The topological polar surface area (TPSA) is 62.5 Å². The average Bonchev–Trinajstić information content (AvgIpc) is 3.23. The molecule has 7 heteroatoms. The third-order valence-corrected chi connectivity index (χ3v) is 6.07. The molecule has 2 aromatic carbocycles. The van der Waals surface area contributed by atoms with Gasteiger partial charge in [-0.3, -0.25) is 9.36 Å². The second-order valence-electron chi connectivity index (χ2n) is 7.15. The summed E-state index contributed by atoms with van der Waals surface area (Å²) in [4.78, 5) is 26.8. The van der Waals surface area contributed by atoms with E-state index < -0.39 is 5.69 Å². The molecule has 2 heterocycles. The van der Waals surface area contributed by atoms with Crippen LogP contribution in [0.2, 0.25) is 0 Å². The van der Waals surface area contributed by atoms with Gasteiger partial charge in [-0.25, -0.2) is 9.36 Å². The first-order valence-corrected chi connectivity index (χ1v) is 10.3. The first kappa shape index (κ1) is 20.0. The summed E-state index contributed by atoms with van der Waals surface area (Å²) in [5.41, 5.74) is 3.55. The summed E-state index contributed by atoms with van der Waals surface area (Å²) in [5, 5.41) is 1.83. The van der Waals surface area contributed by atoms with Crippen LogP contribution < -0.4 is 20.7 Å². The van der Waals surface area contributed by atoms with Gasteiger partial charge in [0.1, 0.15) is 16.2 Å². The molecule has 0 atom stereocenters. The molecule has 0 radical (unpaired) electrons. The van der Waals surface area contributed by atoms with Gasteiger partial charge in [-0.2, -0.15) is 0 Å². The van der Waals surface area contributed by atoms with Crippen LogP contribution in [0.25, 0.3) is 15.9 Å². The summed E-state index contributed by atoms with van der Waals surface area (Å²) >= 11 is 1.33. The number of hydrogen-bond acceptors (Lipinski definition) is 5. The Morgan fingerprint density at radius 1 is 0.933 bits per heavy atom. The minimum Gasteiger partial charge on any atom is -0.497 e. The van der Waals surface area contributed by atoms with Crippen LogP contribution in [-0.4, -0.2) is 23.4 Å². The van der Waals surface area contributed by atoms with Gasteiger partial charge < -0.3 is 9.47 Å². The highest BCUT2D eigenvalue weighted by atomic mass is 32.1. The van der Waals surface area contributed by atoms with Crippen molar-refractivity contribution in [2.24, 2.45) is 0 Å². The largest absolute Gasteiger partial charge is 0.497 e. The lowest BCUT2D eigenvalue weighted by molar-refractivity contribution is 0.394. The maximum atomic E-state index is 13.6. The van der Waals surface area contributed by atoms with Gasteiger partial charge in [0.15, 0.2) is 0 Å². The van der Waals surface area contributed by atoms with Crippen molar-refractivity contribution in [3.05, 3.63) is 85.4 Å². The third-order valence-electron chi connectivity index (χ3n) is 5.18. The molecule has 0 aliphatic rings. The van der Waals surface area contributed by atoms with Crippen molar-refractivity contribution >= 4 is 21.6 Å². The fourth-order valence-corrected chi connectivity index (χ4v) is 4.35. The maximum absolute atomic E-state index is 13.6. The normalized spacial score (nSPS) is 11.1. The number of ether oxygens (including phenoxy) is 2. The van der Waals surface area contributed by atoms with E-state index in [-0.39, 0.29) is 5.56 Å². The molecule has 0 bridgehead atoms. The molecule has 0 saturated heterocycles. The Kier molecular flexibility index (Phi) is 5.22. The van der Waals surface area contributed by atoms with Gasteiger partial charge in [0.05, 0.1) is 32.0 Å². The lowest BCUT2D eigenvalue weighted by Crippen LogP contribution is -2.38. The minimum absolute atomic E-state index is 0.350. The highest BCUT2D eigenvalue weighted by Gasteiger charge is 2.17. The van der Waals surface area contributed by atoms with Crippen LogP contribution >= 0.6 is 11.3 Å². The average molecular weight is 423 g/mol. The van der Waals surface area contributed by atoms with Gasteiger partial charge in [-0.1, -0.05) is 23.8 Å². The van der Waals surface area contributed by atoms with Crippen molar-refractivity contribution in [3.8, 4) is 17.2 Å². The molecule has 0 N–H and O–H groups in total. The van der Waals surface area contributed by atoms with Crippen LogP contribution in [0.15, 0.2) is 57.4 Å². The van der Waals surface area contributed by atoms with Crippen LogP contribution in [-0.2, 0) is 6.54 Å². The molecule has 6 nitrogen and oxygen atoms in total. The monoisotopic (exact) mass is 422 g/mol. The van der Waals surface area contributed by atoms with Crippen molar-refractivity contribution < 1.29 is 9.47 Å². The lowest BCUT2D eigenvalue weighted by atomic mass is 10.1. The molecule has 0 amide bonds. The van der Waals surface area contributed by atoms with E-state index in [2.05, 4.69) is 6.07 Å². The fourth-order valence-electron chi connectivity index (χ4n) is 3.53. The Morgan fingerprint density at radius 3 is 2.30 bits per heavy atom. The summed E-state index contributed by atoms with van der Waals surface area (Å²) < 4.78 is 14.0. The van der Waals surface area contributed by atoms with Gasteiger partial charge in [0.2, 0.25) is 0 Å². The smallest absolute Gasteiger partial charge is 0.336 e. The molecule has 0 saturated carbocycles. The van der Waals surface area contributed by atoms with Crippen LogP contribution in [0.1, 0.15) is 16.7 Å². The molecule has 0 aliphatic heterocycles. The third kappa shape index (κ3) is 3.41. The number of fused-ring (bicyclic) bond motifs is 1. The van der Waals surface area contributed by atoms with E-state index in [0.29, 0.717) is 33.9 Å². The molecule has 0 aliphatic carbocycles. The molecule has 0 fully saturated rings. The Labute approximate surface area is 177 Å². The number of hydrogen-bond donors (Lipinski definition) is 0. The number of nitrogens with zero attached hydrogens (tertiary/aromatic N) is 2. The van der Waals surface area contributed by atoms with Crippen LogP contribution in [0, 0.1) is 13.8 Å². The summed E-state index contributed by atoms with van der Waals surface area (Å²) in [6, 6.07) is 13.0. The molecule has 4 aromatic rings. The summed E-state index contributed by atoms with van der Waals surface area (Å²) in [5.74, 6) is 1.01. The van der Waals surface area contributed by atoms with E-state index in [1.807, 2.05) is 37.4 Å². The maximum Gasteiger partial charge on any atom is 0.336 e. The van der Waals surface area contributed by atoms with Crippen molar-refractivity contribution in [1.29, 1.82) is 0 Å². The predicted molar refractivity (Wildman–Crippen MR) is 120 cm³/mol. The first-order valence-electron chi connectivity index (χ1n) is 9.45. The van der Waals surface area contributed by atoms with E-state index in [0.717, 1.165) is 16.7 Å². The molecule has 2 aromatic heterocycles. The molecule has 4 rings (SSSR count). The van der Waals surface area contributed by atoms with Gasteiger partial charge >= 0.3 is 5.69 Å². The first-order chi connectivity index (χ1) is 14.4. The Morgan fingerprint density at radius 2 is 1.63 bits per heavy atom. The molecule has 0 spiro atoms. The van der Waals surface area contributed by atoms with Gasteiger partial charge in [-0.05, 0) is 36.4 Å². The van der Waals surface area contributed by atoms with Gasteiger partial charge in [0, 0.05) is 18.2 Å². The van der Waals surface area contributed by atoms with Crippen molar-refractivity contribution in [3.63, 3.8) is 0 Å². The predicted octanol–water partition coefficient (Wildman–Crippen LogP) is 3.90. The summed E-state index contributed by atoms with van der Waals surface area (Å²) in [7, 11) is 3.06. The standard InChI is InChI=1S/C23H22N2O4S/c1-14-5-6-15(2)16(9-14)13-24-20-7-8-30-21(20)22(26)25(23(24)27)17-10-18(28-3)12-19(11-17)29-4/h5-12H,13H2,1-4H3. The van der Waals surface area contributed by atoms with Gasteiger partial charge in [-0.15, -0.1) is 11.3 Å². The second kappa shape index (κ2) is 7.84. The number of rotatable bonds is 5. The van der Waals surface area contributed by atoms with E-state index in [9.17, 15) is 9.59 Å². The molecular formula is C23H22N2O4S. The van der Waals surface area contributed by atoms with Gasteiger partial charge in [0.25, 0.3) is 5.56 Å². The van der Waals surface area contributed by atoms with E-state index in [1.54, 1.807) is 22.8 Å². The SMILES string of the molecule is COc1cc(OC)cc(-n2c(=O)c3sccc3n(Cc3cc(C)ccc3C)c2=O)c1. The second-order valence-corrected chi connectivity index (χ2v) is 8.06. The number of aromatic nitrogens is 2. The van der Waals surface area contributed by atoms with E-state index >= 15 is 0 Å². The van der Waals surface area contributed by atoms with Crippen molar-refractivity contribution in [1.82, 2.24) is 9.13 Å². The zero-order chi connectivity index (χ0) is 21.4. The Bertz CT molecular complexity index is 1340. The zero-order valence-electron chi connectivity index (χ0n) is 17.3. The minimum atomic E-state index is -0.401. The summed E-state index contributed by atoms with van der Waals surface area (Å²) in [6.45, 7) is 4.42. The fraction of sp³-hybridized carbons (Fsp3) is 0.217. The molecule has 0 unspecified atom stereocenters.